The number of hydrogen-bond acceptors (Lipinski definition) is 8. The van der Waals surface area contributed by atoms with Crippen LogP contribution in [0.25, 0.3) is 0 Å². The van der Waals surface area contributed by atoms with Gasteiger partial charge in [-0.1, -0.05) is 194 Å². The van der Waals surface area contributed by atoms with Crippen molar-refractivity contribution in [3.05, 3.63) is 453 Å². The van der Waals surface area contributed by atoms with Crippen LogP contribution in [0.1, 0.15) is 140 Å². The summed E-state index contributed by atoms with van der Waals surface area (Å²) < 4.78 is 11.9. The minimum absolute atomic E-state index is 0.212. The number of benzene rings is 14. The molecular weight excluding hydrogens is 1510 g/mol. The van der Waals surface area contributed by atoms with E-state index in [2.05, 4.69) is 404 Å². The molecule has 0 aromatic heterocycles. The highest BCUT2D eigenvalue weighted by Crippen LogP contribution is 2.41. The van der Waals surface area contributed by atoms with Gasteiger partial charge in [-0.05, 0) is 392 Å². The van der Waals surface area contributed by atoms with Gasteiger partial charge in [-0.15, -0.1) is 13.2 Å². The minimum atomic E-state index is 0.212. The van der Waals surface area contributed by atoms with E-state index in [0.717, 1.165) is 147 Å². The van der Waals surface area contributed by atoms with Gasteiger partial charge in [0.25, 0.3) is 0 Å². The Labute approximate surface area is 741 Å². The minimum Gasteiger partial charge on any atom is -0.396 e. The number of aliphatic hydroxyl groups is 2. The van der Waals surface area contributed by atoms with Crippen molar-refractivity contribution in [1.29, 1.82) is 0 Å². The van der Waals surface area contributed by atoms with E-state index in [1.807, 2.05) is 26.0 Å². The number of aryl methyl sites for hydroxylation is 16. The molecule has 0 fully saturated rings. The zero-order valence-corrected chi connectivity index (χ0v) is 75.0. The standard InChI is InChI=1S/C62H64N2O2.C48H52N2O2.2C3H6/c1-47-19-31-61(43-49(47)3)63(57-33-23-51(24-34-57)17-11-41-65-45-55-13-7-5-8-14-55)59-37-27-53(28-38-59)21-22-54-29-39-60(40-30-54)64(62-32-20-48(2)50(4)44-62)58-35-25-52(26-36-58)18-12-42-66-46-56-15-9-6-10-16-56;1-35-9-21-47(33-37(35)3)49(43-23-13-39(14-24-43)7-5-31-51)45-27-17-41(18-28-45)11-12-42-19-29-46(30-20-42)50(48-22-10-36(2)38(4)34-48)44-25-15-40(16-26-44)8-6-32-52;2*1-3-2/h5-10,13-16,19-20,23-40,43-44H,11-12,17-18,21-22,41-42,45-46H2,1-4H3;9-10,13-30,33-34,51-52H,5-8,11-12,31-32H2,1-4H3;2*3H,1H2,2H3. The van der Waals surface area contributed by atoms with Crippen molar-refractivity contribution in [3.63, 3.8) is 0 Å². The summed E-state index contributed by atoms with van der Waals surface area (Å²) >= 11 is 0. The molecule has 0 bridgehead atoms. The van der Waals surface area contributed by atoms with Crippen molar-refractivity contribution in [3.8, 4) is 0 Å². The van der Waals surface area contributed by atoms with Crippen molar-refractivity contribution in [2.45, 2.75) is 160 Å². The van der Waals surface area contributed by atoms with Gasteiger partial charge < -0.3 is 39.3 Å². The van der Waals surface area contributed by atoms with Crippen LogP contribution < -0.4 is 19.6 Å². The second-order valence-electron chi connectivity index (χ2n) is 32.5. The summed E-state index contributed by atoms with van der Waals surface area (Å²) in [6, 6.07) is 120. The van der Waals surface area contributed by atoms with Gasteiger partial charge in [0.2, 0.25) is 0 Å². The summed E-state index contributed by atoms with van der Waals surface area (Å²) in [7, 11) is 0. The molecule has 0 aliphatic carbocycles. The van der Waals surface area contributed by atoms with Crippen molar-refractivity contribution in [2.75, 3.05) is 46.0 Å². The molecule has 0 atom stereocenters. The van der Waals surface area contributed by atoms with Crippen LogP contribution in [0, 0.1) is 55.4 Å². The number of rotatable bonds is 36. The molecule has 2 N–H and O–H groups in total. The van der Waals surface area contributed by atoms with Crippen molar-refractivity contribution in [1.82, 2.24) is 0 Å². The number of hydrogen-bond donors (Lipinski definition) is 2. The molecular formula is C116H128N4O4. The van der Waals surface area contributed by atoms with Gasteiger partial charge in [-0.2, -0.15) is 0 Å². The first kappa shape index (κ1) is 92.3. The highest BCUT2D eigenvalue weighted by atomic mass is 16.5. The second kappa shape index (κ2) is 48.4. The van der Waals surface area contributed by atoms with E-state index < -0.39 is 0 Å². The van der Waals surface area contributed by atoms with Crippen LogP contribution in [0.15, 0.2) is 353 Å². The Morgan fingerprint density at radius 2 is 0.395 bits per heavy atom. The van der Waals surface area contributed by atoms with Gasteiger partial charge >= 0.3 is 0 Å². The van der Waals surface area contributed by atoms with E-state index in [1.165, 1.54) is 112 Å². The van der Waals surface area contributed by atoms with Gasteiger partial charge in [-0.25, -0.2) is 0 Å². The van der Waals surface area contributed by atoms with Gasteiger partial charge in [0.05, 0.1) is 13.2 Å². The fourth-order valence-corrected chi connectivity index (χ4v) is 15.2. The summed E-state index contributed by atoms with van der Waals surface area (Å²) in [4.78, 5) is 9.41. The molecule has 0 unspecified atom stereocenters. The number of allylic oxidation sites excluding steroid dienone is 2. The Hall–Kier alpha value is -12.4. The van der Waals surface area contributed by atoms with E-state index in [0.29, 0.717) is 13.2 Å². The average Bonchev–Trinajstić information content (AvgIpc) is 0.813. The highest BCUT2D eigenvalue weighted by molar-refractivity contribution is 5.81. The topological polar surface area (TPSA) is 71.9 Å². The molecule has 124 heavy (non-hydrogen) atoms. The van der Waals surface area contributed by atoms with Gasteiger partial charge in [-0.3, -0.25) is 0 Å². The number of anilines is 12. The molecule has 636 valence electrons. The van der Waals surface area contributed by atoms with Gasteiger partial charge in [0.15, 0.2) is 0 Å². The lowest BCUT2D eigenvalue weighted by atomic mass is 10.0. The highest BCUT2D eigenvalue weighted by Gasteiger charge is 2.20. The third-order valence-corrected chi connectivity index (χ3v) is 22.9. The van der Waals surface area contributed by atoms with Crippen LogP contribution in [0.3, 0.4) is 0 Å². The predicted molar refractivity (Wildman–Crippen MR) is 529 cm³/mol. The largest absolute Gasteiger partial charge is 0.396 e. The van der Waals surface area contributed by atoms with Crippen LogP contribution in [-0.2, 0) is 74.1 Å². The zero-order chi connectivity index (χ0) is 87.4. The maximum atomic E-state index is 9.28. The molecule has 0 spiro atoms. The second-order valence-corrected chi connectivity index (χ2v) is 32.5. The van der Waals surface area contributed by atoms with Crippen molar-refractivity contribution >= 4 is 68.2 Å². The normalized spacial score (nSPS) is 10.8. The van der Waals surface area contributed by atoms with Crippen molar-refractivity contribution < 1.29 is 19.7 Å². The summed E-state index contributed by atoms with van der Waals surface area (Å²) in [5.41, 5.74) is 36.9. The molecule has 8 nitrogen and oxygen atoms in total. The van der Waals surface area contributed by atoms with Crippen LogP contribution in [-0.4, -0.2) is 36.6 Å². The first-order valence-electron chi connectivity index (χ1n) is 44.3. The molecule has 14 aromatic carbocycles. The number of aliphatic hydroxyl groups excluding tert-OH is 2. The van der Waals surface area contributed by atoms with E-state index in [4.69, 9.17) is 9.47 Å². The number of ether oxygens (including phenoxy) is 2. The lowest BCUT2D eigenvalue weighted by molar-refractivity contribution is 0.118. The molecule has 14 aromatic rings. The lowest BCUT2D eigenvalue weighted by Gasteiger charge is -2.27. The quantitative estimate of drug-likeness (QED) is 0.0297. The fraction of sp³-hybridized carbons (Fsp3) is 0.241. The van der Waals surface area contributed by atoms with Gasteiger partial charge in [0.1, 0.15) is 0 Å². The zero-order valence-electron chi connectivity index (χ0n) is 75.0. The summed E-state index contributed by atoms with van der Waals surface area (Å²) in [5, 5.41) is 18.6. The molecule has 0 saturated heterocycles. The number of nitrogens with zero attached hydrogens (tertiary/aromatic N) is 4. The molecule has 0 saturated carbocycles. The molecule has 0 aliphatic heterocycles. The van der Waals surface area contributed by atoms with Gasteiger partial charge in [0, 0.05) is 94.7 Å². The predicted octanol–water partition coefficient (Wildman–Crippen LogP) is 29.8. The van der Waals surface area contributed by atoms with Crippen molar-refractivity contribution in [2.24, 2.45) is 0 Å². The van der Waals surface area contributed by atoms with Crippen LogP contribution in [0.2, 0.25) is 0 Å². The summed E-state index contributed by atoms with van der Waals surface area (Å²) in [6.07, 6.45) is 14.6. The van der Waals surface area contributed by atoms with E-state index in [1.54, 1.807) is 12.2 Å². The Morgan fingerprint density at radius 3 is 0.581 bits per heavy atom. The smallest absolute Gasteiger partial charge is 0.0716 e. The SMILES string of the molecule is C=CC.C=CC.Cc1ccc(N(c2ccc(CCCO)cc2)c2ccc(CCc3ccc(N(c4ccc(CCCO)cc4)c4ccc(C)c(C)c4)cc3)cc2)cc1C.Cc1ccc(N(c2ccc(CCCOCc3ccccc3)cc2)c2ccc(CCc3ccc(N(c4ccc(CCCOCc5ccccc5)cc4)c4ccc(C)c(C)c4)cc3)cc2)cc1C. The summed E-state index contributed by atoms with van der Waals surface area (Å²) in [5.74, 6) is 0. The fourth-order valence-electron chi connectivity index (χ4n) is 15.2. The first-order valence-corrected chi connectivity index (χ1v) is 44.3. The Kier molecular flexibility index (Phi) is 36.1. The third kappa shape index (κ3) is 27.3. The molecule has 14 rings (SSSR count). The van der Waals surface area contributed by atoms with E-state index >= 15 is 0 Å². The molecule has 0 radical (unpaired) electrons. The van der Waals surface area contributed by atoms with Crippen LogP contribution in [0.5, 0.6) is 0 Å². The molecule has 0 amide bonds. The Bertz CT molecular complexity index is 5190. The summed E-state index contributed by atoms with van der Waals surface area (Å²) in [6.45, 7) is 31.1. The first-order chi connectivity index (χ1) is 60.5. The van der Waals surface area contributed by atoms with Crippen LogP contribution >= 0.6 is 0 Å². The average molecular weight is 1640 g/mol. The third-order valence-electron chi connectivity index (χ3n) is 22.9. The maximum Gasteiger partial charge on any atom is 0.0716 e. The molecule has 0 heterocycles. The van der Waals surface area contributed by atoms with E-state index in [9.17, 15) is 10.2 Å². The van der Waals surface area contributed by atoms with E-state index in [-0.39, 0.29) is 13.2 Å². The Morgan fingerprint density at radius 1 is 0.218 bits per heavy atom. The molecule has 8 heteroatoms. The lowest BCUT2D eigenvalue weighted by Crippen LogP contribution is -2.11. The monoisotopic (exact) mass is 1640 g/mol. The van der Waals surface area contributed by atoms with Crippen LogP contribution in [0.4, 0.5) is 68.2 Å². The Balaban J connectivity index is 0.000000233. The molecule has 0 aliphatic rings. The maximum absolute atomic E-state index is 9.28.